The van der Waals surface area contributed by atoms with Crippen molar-refractivity contribution in [2.24, 2.45) is 0 Å². The Hall–Kier alpha value is -2.55. The van der Waals surface area contributed by atoms with Crippen molar-refractivity contribution >= 4 is 22.3 Å². The molecule has 0 saturated carbocycles. The Kier molecular flexibility index (Phi) is 3.72. The average molecular weight is 292 g/mol. The molecule has 0 fully saturated rings. The molecular formula is C19H20N2O. The zero-order valence-corrected chi connectivity index (χ0v) is 13.4. The molecule has 2 aromatic carbocycles. The van der Waals surface area contributed by atoms with E-state index in [2.05, 4.69) is 48.4 Å². The van der Waals surface area contributed by atoms with Crippen LogP contribution in [0.5, 0.6) is 5.75 Å². The summed E-state index contributed by atoms with van der Waals surface area (Å²) >= 11 is 0. The SMILES string of the molecule is COc1ccc2c(Nc3cc(C)ccc3C)cc(C)nc2c1. The molecule has 0 bridgehead atoms. The van der Waals surface area contributed by atoms with Crippen molar-refractivity contribution in [3.63, 3.8) is 0 Å². The van der Waals surface area contributed by atoms with Crippen LogP contribution in [0.4, 0.5) is 11.4 Å². The summed E-state index contributed by atoms with van der Waals surface area (Å²) in [7, 11) is 1.67. The molecule has 0 unspecified atom stereocenters. The van der Waals surface area contributed by atoms with Crippen LogP contribution in [0.15, 0.2) is 42.5 Å². The van der Waals surface area contributed by atoms with Gasteiger partial charge in [0.2, 0.25) is 0 Å². The van der Waals surface area contributed by atoms with Gasteiger partial charge in [0.25, 0.3) is 0 Å². The summed E-state index contributed by atoms with van der Waals surface area (Å²) in [6.45, 7) is 6.22. The first-order valence-corrected chi connectivity index (χ1v) is 7.36. The number of fused-ring (bicyclic) bond motifs is 1. The zero-order chi connectivity index (χ0) is 15.7. The minimum atomic E-state index is 0.822. The van der Waals surface area contributed by atoms with Gasteiger partial charge in [0.05, 0.1) is 12.6 Å². The van der Waals surface area contributed by atoms with Crippen LogP contribution in [-0.4, -0.2) is 12.1 Å². The molecular weight excluding hydrogens is 272 g/mol. The van der Waals surface area contributed by atoms with Gasteiger partial charge in [-0.05, 0) is 56.2 Å². The van der Waals surface area contributed by atoms with Gasteiger partial charge in [-0.1, -0.05) is 12.1 Å². The highest BCUT2D eigenvalue weighted by Gasteiger charge is 2.07. The largest absolute Gasteiger partial charge is 0.497 e. The van der Waals surface area contributed by atoms with Crippen LogP contribution in [0.25, 0.3) is 10.9 Å². The molecule has 0 radical (unpaired) electrons. The maximum atomic E-state index is 5.29. The van der Waals surface area contributed by atoms with Gasteiger partial charge in [0, 0.05) is 28.5 Å². The Bertz CT molecular complexity index is 840. The van der Waals surface area contributed by atoms with Gasteiger partial charge in [0.1, 0.15) is 5.75 Å². The topological polar surface area (TPSA) is 34.1 Å². The summed E-state index contributed by atoms with van der Waals surface area (Å²) < 4.78 is 5.29. The molecule has 0 aliphatic carbocycles. The maximum absolute atomic E-state index is 5.29. The van der Waals surface area contributed by atoms with E-state index in [1.54, 1.807) is 7.11 Å². The van der Waals surface area contributed by atoms with Gasteiger partial charge in [0.15, 0.2) is 0 Å². The molecule has 0 aliphatic rings. The monoisotopic (exact) mass is 292 g/mol. The van der Waals surface area contributed by atoms with Crippen LogP contribution in [0.2, 0.25) is 0 Å². The number of ether oxygens (including phenoxy) is 1. The first-order chi connectivity index (χ1) is 10.6. The van der Waals surface area contributed by atoms with Gasteiger partial charge in [-0.25, -0.2) is 0 Å². The van der Waals surface area contributed by atoms with Gasteiger partial charge >= 0.3 is 0 Å². The highest BCUT2D eigenvalue weighted by atomic mass is 16.5. The van der Waals surface area contributed by atoms with Gasteiger partial charge in [-0.15, -0.1) is 0 Å². The van der Waals surface area contributed by atoms with Crippen LogP contribution in [0.1, 0.15) is 16.8 Å². The molecule has 112 valence electrons. The molecule has 1 heterocycles. The molecule has 0 spiro atoms. The normalized spacial score (nSPS) is 10.7. The number of nitrogens with zero attached hydrogens (tertiary/aromatic N) is 1. The fourth-order valence-electron chi connectivity index (χ4n) is 2.59. The van der Waals surface area contributed by atoms with E-state index in [0.717, 1.165) is 33.7 Å². The van der Waals surface area contributed by atoms with Gasteiger partial charge in [-0.2, -0.15) is 0 Å². The van der Waals surface area contributed by atoms with Crippen LogP contribution in [-0.2, 0) is 0 Å². The Morgan fingerprint density at radius 2 is 1.73 bits per heavy atom. The molecule has 1 N–H and O–H groups in total. The third-order valence-electron chi connectivity index (χ3n) is 3.81. The van der Waals surface area contributed by atoms with E-state index < -0.39 is 0 Å². The number of rotatable bonds is 3. The van der Waals surface area contributed by atoms with Crippen molar-refractivity contribution in [3.05, 3.63) is 59.3 Å². The van der Waals surface area contributed by atoms with E-state index in [-0.39, 0.29) is 0 Å². The van der Waals surface area contributed by atoms with E-state index in [1.807, 2.05) is 25.1 Å². The van der Waals surface area contributed by atoms with Crippen molar-refractivity contribution in [1.29, 1.82) is 0 Å². The Morgan fingerprint density at radius 1 is 0.909 bits per heavy atom. The quantitative estimate of drug-likeness (QED) is 0.744. The van der Waals surface area contributed by atoms with Crippen molar-refractivity contribution in [1.82, 2.24) is 4.98 Å². The number of aryl methyl sites for hydroxylation is 3. The maximum Gasteiger partial charge on any atom is 0.121 e. The number of benzene rings is 2. The molecule has 0 aliphatic heterocycles. The van der Waals surface area contributed by atoms with Gasteiger partial charge < -0.3 is 10.1 Å². The Morgan fingerprint density at radius 3 is 2.50 bits per heavy atom. The number of pyridine rings is 1. The lowest BCUT2D eigenvalue weighted by molar-refractivity contribution is 0.415. The highest BCUT2D eigenvalue weighted by Crippen LogP contribution is 2.30. The number of methoxy groups -OCH3 is 1. The predicted molar refractivity (Wildman–Crippen MR) is 92.2 cm³/mol. The third kappa shape index (κ3) is 2.75. The standard InChI is InChI=1S/C19H20N2O/c1-12-5-6-13(2)17(9-12)21-18-10-14(3)20-19-11-15(22-4)7-8-16(18)19/h5-11H,1-4H3,(H,20,21). The fraction of sp³-hybridized carbons (Fsp3) is 0.211. The van der Waals surface area contributed by atoms with E-state index in [4.69, 9.17) is 4.74 Å². The molecule has 1 aromatic heterocycles. The number of nitrogens with one attached hydrogen (secondary N) is 1. The number of hydrogen-bond donors (Lipinski definition) is 1. The number of anilines is 2. The molecule has 22 heavy (non-hydrogen) atoms. The lowest BCUT2D eigenvalue weighted by Crippen LogP contribution is -1.97. The highest BCUT2D eigenvalue weighted by molar-refractivity contribution is 5.94. The minimum Gasteiger partial charge on any atom is -0.497 e. The van der Waals surface area contributed by atoms with Crippen LogP contribution >= 0.6 is 0 Å². The second-order valence-electron chi connectivity index (χ2n) is 5.64. The molecule has 3 rings (SSSR count). The molecule has 3 nitrogen and oxygen atoms in total. The average Bonchev–Trinajstić information content (AvgIpc) is 2.50. The number of hydrogen-bond acceptors (Lipinski definition) is 3. The van der Waals surface area contributed by atoms with Crippen LogP contribution in [0, 0.1) is 20.8 Å². The van der Waals surface area contributed by atoms with E-state index in [1.165, 1.54) is 11.1 Å². The summed E-state index contributed by atoms with van der Waals surface area (Å²) in [5, 5.41) is 4.64. The van der Waals surface area contributed by atoms with Crippen LogP contribution in [0.3, 0.4) is 0 Å². The fourth-order valence-corrected chi connectivity index (χ4v) is 2.59. The van der Waals surface area contributed by atoms with Crippen LogP contribution < -0.4 is 10.1 Å². The molecule has 0 amide bonds. The van der Waals surface area contributed by atoms with E-state index in [0.29, 0.717) is 0 Å². The lowest BCUT2D eigenvalue weighted by atomic mass is 10.1. The first-order valence-electron chi connectivity index (χ1n) is 7.36. The summed E-state index contributed by atoms with van der Waals surface area (Å²) in [4.78, 5) is 4.61. The summed E-state index contributed by atoms with van der Waals surface area (Å²) in [6.07, 6.45) is 0. The molecule has 0 saturated heterocycles. The smallest absolute Gasteiger partial charge is 0.121 e. The van der Waals surface area contributed by atoms with Crippen molar-refractivity contribution in [3.8, 4) is 5.75 Å². The van der Waals surface area contributed by atoms with Crippen molar-refractivity contribution < 1.29 is 4.74 Å². The first kappa shape index (κ1) is 14.4. The van der Waals surface area contributed by atoms with Crippen molar-refractivity contribution in [2.45, 2.75) is 20.8 Å². The summed E-state index contributed by atoms with van der Waals surface area (Å²) in [5.74, 6) is 0.822. The van der Waals surface area contributed by atoms with Crippen molar-refractivity contribution in [2.75, 3.05) is 12.4 Å². The second kappa shape index (κ2) is 5.68. The third-order valence-corrected chi connectivity index (χ3v) is 3.81. The number of aromatic nitrogens is 1. The minimum absolute atomic E-state index is 0.822. The summed E-state index contributed by atoms with van der Waals surface area (Å²) in [6, 6.07) is 14.5. The van der Waals surface area contributed by atoms with E-state index in [9.17, 15) is 0 Å². The predicted octanol–water partition coefficient (Wildman–Crippen LogP) is 4.91. The zero-order valence-electron chi connectivity index (χ0n) is 13.4. The second-order valence-corrected chi connectivity index (χ2v) is 5.64. The molecule has 3 aromatic rings. The molecule has 3 heteroatoms. The summed E-state index contributed by atoms with van der Waals surface area (Å²) in [5.41, 5.74) is 6.58. The Labute approximate surface area is 131 Å². The van der Waals surface area contributed by atoms with E-state index >= 15 is 0 Å². The molecule has 0 atom stereocenters. The Balaban J connectivity index is 2.12. The lowest BCUT2D eigenvalue weighted by Gasteiger charge is -2.14. The van der Waals surface area contributed by atoms with Gasteiger partial charge in [-0.3, -0.25) is 4.98 Å².